The highest BCUT2D eigenvalue weighted by molar-refractivity contribution is 6.30. The first-order valence-electron chi connectivity index (χ1n) is 6.26. The second kappa shape index (κ2) is 6.43. The smallest absolute Gasteiger partial charge is 0.334 e. The molecule has 1 N–H and O–H groups in total. The summed E-state index contributed by atoms with van der Waals surface area (Å²) < 4.78 is 6.89. The topological polar surface area (TPSA) is 56.1 Å². The molecule has 0 bridgehead atoms. The fourth-order valence-corrected chi connectivity index (χ4v) is 2.06. The van der Waals surface area contributed by atoms with Crippen LogP contribution in [0, 0.1) is 0 Å². The van der Waals surface area contributed by atoms with Gasteiger partial charge in [-0.1, -0.05) is 17.7 Å². The summed E-state index contributed by atoms with van der Waals surface area (Å²) in [5.41, 5.74) is 1.47. The van der Waals surface area contributed by atoms with Gasteiger partial charge >= 0.3 is 5.97 Å². The minimum absolute atomic E-state index is 0.324. The molecule has 1 unspecified atom stereocenters. The Morgan fingerprint density at radius 3 is 2.95 bits per heavy atom. The van der Waals surface area contributed by atoms with Crippen molar-refractivity contribution in [2.24, 2.45) is 7.05 Å². The van der Waals surface area contributed by atoms with E-state index in [-0.39, 0.29) is 5.97 Å². The Labute approximate surface area is 122 Å². The van der Waals surface area contributed by atoms with Crippen molar-refractivity contribution in [2.45, 2.75) is 13.0 Å². The van der Waals surface area contributed by atoms with Crippen molar-refractivity contribution in [3.63, 3.8) is 0 Å². The average Bonchev–Trinajstić information content (AvgIpc) is 2.82. The zero-order chi connectivity index (χ0) is 14.5. The molecule has 0 aliphatic rings. The van der Waals surface area contributed by atoms with Crippen LogP contribution < -0.4 is 5.32 Å². The Morgan fingerprint density at radius 1 is 1.55 bits per heavy atom. The van der Waals surface area contributed by atoms with E-state index in [1.165, 1.54) is 0 Å². The molecule has 6 heteroatoms. The lowest BCUT2D eigenvalue weighted by Crippen LogP contribution is -2.25. The Balaban J connectivity index is 2.28. The second-order valence-electron chi connectivity index (χ2n) is 4.27. The highest BCUT2D eigenvalue weighted by atomic mass is 35.5. The Morgan fingerprint density at radius 2 is 2.35 bits per heavy atom. The Hall–Kier alpha value is -2.01. The predicted octanol–water partition coefficient (Wildman–Crippen LogP) is 2.79. The van der Waals surface area contributed by atoms with Gasteiger partial charge in [0.2, 0.25) is 0 Å². The maximum absolute atomic E-state index is 12.1. The molecule has 0 saturated carbocycles. The molecule has 0 radical (unpaired) electrons. The average molecular weight is 294 g/mol. The molecule has 2 rings (SSSR count). The number of esters is 1. The van der Waals surface area contributed by atoms with Crippen molar-refractivity contribution < 1.29 is 9.53 Å². The molecule has 1 atom stereocenters. The fourth-order valence-electron chi connectivity index (χ4n) is 1.87. The monoisotopic (exact) mass is 293 g/mol. The van der Waals surface area contributed by atoms with Crippen LogP contribution >= 0.6 is 11.6 Å². The van der Waals surface area contributed by atoms with Gasteiger partial charge in [0.25, 0.3) is 0 Å². The minimum Gasteiger partial charge on any atom is -0.464 e. The molecule has 0 aliphatic heterocycles. The molecule has 0 amide bonds. The summed E-state index contributed by atoms with van der Waals surface area (Å²) in [5.74, 6) is -0.351. The Bertz CT molecular complexity index is 598. The summed E-state index contributed by atoms with van der Waals surface area (Å²) in [4.78, 5) is 16.2. The molecule has 0 spiro atoms. The van der Waals surface area contributed by atoms with Crippen molar-refractivity contribution >= 4 is 23.3 Å². The highest BCUT2D eigenvalue weighted by Gasteiger charge is 2.24. The third kappa shape index (κ3) is 3.30. The van der Waals surface area contributed by atoms with E-state index < -0.39 is 6.04 Å². The lowest BCUT2D eigenvalue weighted by Gasteiger charge is -2.18. The van der Waals surface area contributed by atoms with Gasteiger partial charge in [-0.15, -0.1) is 0 Å². The second-order valence-corrected chi connectivity index (χ2v) is 4.71. The minimum atomic E-state index is -0.624. The quantitative estimate of drug-likeness (QED) is 0.861. The van der Waals surface area contributed by atoms with Gasteiger partial charge in [-0.3, -0.25) is 0 Å². The van der Waals surface area contributed by atoms with Gasteiger partial charge in [-0.25, -0.2) is 9.78 Å². The molecule has 0 fully saturated rings. The number of nitrogens with one attached hydrogen (secondary N) is 1. The number of aryl methyl sites for hydroxylation is 1. The van der Waals surface area contributed by atoms with E-state index in [9.17, 15) is 4.79 Å². The Kier molecular flexibility index (Phi) is 4.63. The molecule has 106 valence electrons. The molecular weight excluding hydrogens is 278 g/mol. The zero-order valence-electron chi connectivity index (χ0n) is 11.3. The molecule has 20 heavy (non-hydrogen) atoms. The van der Waals surface area contributed by atoms with Crippen molar-refractivity contribution in [2.75, 3.05) is 11.9 Å². The molecule has 5 nitrogen and oxygen atoms in total. The standard InChI is InChI=1S/C14H16ClN3O2/c1-3-20-14(19)13(12-8-16-9-18(12)2)17-11-6-4-5-10(15)7-11/h4-9,13,17H,3H2,1-2H3. The van der Waals surface area contributed by atoms with Crippen molar-refractivity contribution in [1.29, 1.82) is 0 Å². The van der Waals surface area contributed by atoms with E-state index in [2.05, 4.69) is 10.3 Å². The van der Waals surface area contributed by atoms with Crippen LogP contribution in [0.2, 0.25) is 5.02 Å². The van der Waals surface area contributed by atoms with Crippen LogP contribution in [0.1, 0.15) is 18.7 Å². The van der Waals surface area contributed by atoms with Crippen LogP contribution in [0.5, 0.6) is 0 Å². The number of rotatable bonds is 5. The van der Waals surface area contributed by atoms with E-state index in [4.69, 9.17) is 16.3 Å². The van der Waals surface area contributed by atoms with Crippen LogP contribution in [0.15, 0.2) is 36.8 Å². The van der Waals surface area contributed by atoms with E-state index in [1.54, 1.807) is 36.1 Å². The van der Waals surface area contributed by atoms with E-state index in [1.807, 2.05) is 19.2 Å². The van der Waals surface area contributed by atoms with Crippen LogP contribution in [0.4, 0.5) is 5.69 Å². The van der Waals surface area contributed by atoms with Crippen molar-refractivity contribution in [1.82, 2.24) is 9.55 Å². The summed E-state index contributed by atoms with van der Waals surface area (Å²) in [6.07, 6.45) is 3.28. The third-order valence-corrected chi connectivity index (χ3v) is 3.04. The zero-order valence-corrected chi connectivity index (χ0v) is 12.1. The van der Waals surface area contributed by atoms with Gasteiger partial charge in [0.1, 0.15) is 0 Å². The summed E-state index contributed by atoms with van der Waals surface area (Å²) in [6.45, 7) is 2.10. The molecule has 1 heterocycles. The number of benzene rings is 1. The van der Waals surface area contributed by atoms with Crippen molar-refractivity contribution in [3.8, 4) is 0 Å². The van der Waals surface area contributed by atoms with Crippen molar-refractivity contribution in [3.05, 3.63) is 47.5 Å². The lowest BCUT2D eigenvalue weighted by atomic mass is 10.2. The number of aromatic nitrogens is 2. The number of hydrogen-bond donors (Lipinski definition) is 1. The number of carbonyl (C=O) groups excluding carboxylic acids is 1. The van der Waals surface area contributed by atoms with E-state index in [0.29, 0.717) is 11.6 Å². The summed E-state index contributed by atoms with van der Waals surface area (Å²) in [7, 11) is 1.83. The van der Waals surface area contributed by atoms with Gasteiger partial charge in [0.15, 0.2) is 6.04 Å². The number of hydrogen-bond acceptors (Lipinski definition) is 4. The van der Waals surface area contributed by atoms with Gasteiger partial charge in [0, 0.05) is 17.8 Å². The van der Waals surface area contributed by atoms with Gasteiger partial charge in [-0.05, 0) is 25.1 Å². The third-order valence-electron chi connectivity index (χ3n) is 2.81. The number of anilines is 1. The first-order chi connectivity index (χ1) is 9.61. The van der Waals surface area contributed by atoms with Gasteiger partial charge in [-0.2, -0.15) is 0 Å². The molecule has 2 aromatic rings. The van der Waals surface area contributed by atoms with E-state index in [0.717, 1.165) is 11.4 Å². The van der Waals surface area contributed by atoms with Gasteiger partial charge in [0.05, 0.1) is 24.8 Å². The SMILES string of the molecule is CCOC(=O)C(Nc1cccc(Cl)c1)c1cncn1C. The number of imidazole rings is 1. The lowest BCUT2D eigenvalue weighted by molar-refractivity contribution is -0.144. The van der Waals surface area contributed by atoms with Crippen LogP contribution in [0.3, 0.4) is 0 Å². The largest absolute Gasteiger partial charge is 0.464 e. The van der Waals surface area contributed by atoms with Gasteiger partial charge < -0.3 is 14.6 Å². The van der Waals surface area contributed by atoms with Crippen LogP contribution in [0.25, 0.3) is 0 Å². The predicted molar refractivity (Wildman–Crippen MR) is 77.7 cm³/mol. The van der Waals surface area contributed by atoms with Crippen LogP contribution in [-0.4, -0.2) is 22.1 Å². The number of halogens is 1. The maximum atomic E-state index is 12.1. The number of nitrogens with zero attached hydrogens (tertiary/aromatic N) is 2. The molecule has 1 aromatic heterocycles. The number of carbonyl (C=O) groups is 1. The normalized spacial score (nSPS) is 11.9. The number of ether oxygens (including phenoxy) is 1. The first kappa shape index (κ1) is 14.4. The van der Waals surface area contributed by atoms with Crippen LogP contribution in [-0.2, 0) is 16.6 Å². The molecule has 1 aromatic carbocycles. The first-order valence-corrected chi connectivity index (χ1v) is 6.64. The fraction of sp³-hybridized carbons (Fsp3) is 0.286. The molecular formula is C14H16ClN3O2. The summed E-state index contributed by atoms with van der Waals surface area (Å²) in [5, 5.41) is 3.73. The highest BCUT2D eigenvalue weighted by Crippen LogP contribution is 2.22. The maximum Gasteiger partial charge on any atom is 0.334 e. The molecule has 0 aliphatic carbocycles. The summed E-state index contributed by atoms with van der Waals surface area (Å²) >= 11 is 5.95. The molecule has 0 saturated heterocycles. The van der Waals surface area contributed by atoms with E-state index >= 15 is 0 Å². The summed E-state index contributed by atoms with van der Waals surface area (Å²) in [6, 6.07) is 6.56.